The van der Waals surface area contributed by atoms with Crippen molar-refractivity contribution in [2.24, 2.45) is 0 Å². The number of rotatable bonds is 5. The Labute approximate surface area is 149 Å². The van der Waals surface area contributed by atoms with E-state index in [4.69, 9.17) is 0 Å². The first kappa shape index (κ1) is 16.7. The molecule has 4 nitrogen and oxygen atoms in total. The third kappa shape index (κ3) is 4.01. The van der Waals surface area contributed by atoms with Crippen LogP contribution in [-0.2, 0) is 11.3 Å². The van der Waals surface area contributed by atoms with Crippen LogP contribution in [0.1, 0.15) is 22.9 Å². The lowest BCUT2D eigenvalue weighted by Crippen LogP contribution is -2.17. The monoisotopic (exact) mass is 357 g/mol. The molecule has 2 aromatic heterocycles. The van der Waals surface area contributed by atoms with Crippen LogP contribution < -0.4 is 10.6 Å². The van der Waals surface area contributed by atoms with Crippen LogP contribution in [0.4, 0.5) is 10.8 Å². The van der Waals surface area contributed by atoms with Crippen LogP contribution in [0, 0.1) is 13.8 Å². The first-order valence-corrected chi connectivity index (χ1v) is 9.34. The van der Waals surface area contributed by atoms with Crippen LogP contribution in [0.3, 0.4) is 0 Å². The maximum atomic E-state index is 11.0. The van der Waals surface area contributed by atoms with E-state index in [1.165, 1.54) is 18.1 Å². The van der Waals surface area contributed by atoms with Crippen molar-refractivity contribution in [1.82, 2.24) is 10.3 Å². The summed E-state index contributed by atoms with van der Waals surface area (Å²) in [5, 5.41) is 9.16. The van der Waals surface area contributed by atoms with Crippen LogP contribution >= 0.6 is 22.7 Å². The average Bonchev–Trinajstić information content (AvgIpc) is 3.18. The fourth-order valence-electron chi connectivity index (χ4n) is 2.25. The predicted octanol–water partition coefficient (Wildman–Crippen LogP) is 4.87. The molecule has 124 valence electrons. The first-order valence-electron chi connectivity index (χ1n) is 7.64. The maximum absolute atomic E-state index is 11.0. The van der Waals surface area contributed by atoms with Crippen molar-refractivity contribution < 1.29 is 4.79 Å². The Morgan fingerprint density at radius 2 is 2.04 bits per heavy atom. The standard InChI is InChI=1S/C18H19N3OS2/c1-11-4-5-12(2)15(8-11)20-18-21-16(10-23-18)17-7-6-14(24-17)9-19-13(3)22/h4-8,10H,9H2,1-3H3,(H,19,22)(H,20,21). The second-order valence-corrected chi connectivity index (χ2v) is 7.68. The highest BCUT2D eigenvalue weighted by molar-refractivity contribution is 7.17. The molecule has 1 amide bonds. The summed E-state index contributed by atoms with van der Waals surface area (Å²) in [6.07, 6.45) is 0. The number of aryl methyl sites for hydroxylation is 2. The van der Waals surface area contributed by atoms with E-state index in [9.17, 15) is 4.79 Å². The summed E-state index contributed by atoms with van der Waals surface area (Å²) < 4.78 is 0. The molecule has 0 atom stereocenters. The molecule has 0 aliphatic rings. The summed E-state index contributed by atoms with van der Waals surface area (Å²) in [7, 11) is 0. The SMILES string of the molecule is CC(=O)NCc1ccc(-c2csc(Nc3cc(C)ccc3C)n2)s1. The van der Waals surface area contributed by atoms with Gasteiger partial charge in [0.2, 0.25) is 5.91 Å². The Morgan fingerprint density at radius 3 is 2.83 bits per heavy atom. The number of hydrogen-bond donors (Lipinski definition) is 2. The molecule has 2 N–H and O–H groups in total. The lowest BCUT2D eigenvalue weighted by molar-refractivity contribution is -0.119. The summed E-state index contributed by atoms with van der Waals surface area (Å²) in [5.41, 5.74) is 4.48. The van der Waals surface area contributed by atoms with E-state index in [0.29, 0.717) is 6.54 Å². The summed E-state index contributed by atoms with van der Waals surface area (Å²) in [5.74, 6) is -0.0152. The minimum atomic E-state index is -0.0152. The van der Waals surface area contributed by atoms with Gasteiger partial charge in [-0.05, 0) is 43.2 Å². The van der Waals surface area contributed by atoms with Crippen LogP contribution in [0.2, 0.25) is 0 Å². The van der Waals surface area contributed by atoms with E-state index in [0.717, 1.165) is 26.3 Å². The molecule has 0 saturated carbocycles. The van der Waals surface area contributed by atoms with Gasteiger partial charge in [-0.1, -0.05) is 12.1 Å². The largest absolute Gasteiger partial charge is 0.351 e. The molecule has 0 bridgehead atoms. The van der Waals surface area contributed by atoms with Gasteiger partial charge in [0, 0.05) is 22.9 Å². The number of carbonyl (C=O) groups excluding carboxylic acids is 1. The van der Waals surface area contributed by atoms with E-state index in [1.807, 2.05) is 6.07 Å². The molecule has 0 aliphatic heterocycles. The molecule has 0 unspecified atom stereocenters. The third-order valence-corrected chi connectivity index (χ3v) is 5.43. The lowest BCUT2D eigenvalue weighted by Gasteiger charge is -2.07. The fourth-order valence-corrected chi connectivity index (χ4v) is 3.96. The lowest BCUT2D eigenvalue weighted by atomic mass is 10.1. The Hall–Kier alpha value is -2.18. The second kappa shape index (κ2) is 7.15. The van der Waals surface area contributed by atoms with Gasteiger partial charge in [-0.2, -0.15) is 0 Å². The van der Waals surface area contributed by atoms with Gasteiger partial charge < -0.3 is 10.6 Å². The molecule has 3 rings (SSSR count). The Bertz CT molecular complexity index is 867. The number of carbonyl (C=O) groups is 1. The summed E-state index contributed by atoms with van der Waals surface area (Å²) in [4.78, 5) is 17.9. The number of anilines is 2. The average molecular weight is 358 g/mol. The zero-order valence-electron chi connectivity index (χ0n) is 13.8. The zero-order valence-corrected chi connectivity index (χ0v) is 15.5. The van der Waals surface area contributed by atoms with Crippen molar-refractivity contribution in [1.29, 1.82) is 0 Å². The number of thiazole rings is 1. The van der Waals surface area contributed by atoms with Crippen molar-refractivity contribution in [2.45, 2.75) is 27.3 Å². The number of thiophene rings is 1. The number of nitrogens with zero attached hydrogens (tertiary/aromatic N) is 1. The highest BCUT2D eigenvalue weighted by Gasteiger charge is 2.09. The van der Waals surface area contributed by atoms with Gasteiger partial charge in [-0.25, -0.2) is 4.98 Å². The van der Waals surface area contributed by atoms with E-state index in [2.05, 4.69) is 59.1 Å². The molecule has 6 heteroatoms. The minimum absolute atomic E-state index is 0.0152. The minimum Gasteiger partial charge on any atom is -0.351 e. The molecule has 0 radical (unpaired) electrons. The first-order chi connectivity index (χ1) is 11.5. The van der Waals surface area contributed by atoms with Gasteiger partial charge in [-0.3, -0.25) is 4.79 Å². The Morgan fingerprint density at radius 1 is 1.21 bits per heavy atom. The molecule has 2 heterocycles. The van der Waals surface area contributed by atoms with Crippen LogP contribution in [0.15, 0.2) is 35.7 Å². The summed E-state index contributed by atoms with van der Waals surface area (Å²) >= 11 is 3.25. The molecule has 24 heavy (non-hydrogen) atoms. The van der Waals surface area contributed by atoms with E-state index >= 15 is 0 Å². The highest BCUT2D eigenvalue weighted by Crippen LogP contribution is 2.32. The zero-order chi connectivity index (χ0) is 17.1. The van der Waals surface area contributed by atoms with Gasteiger partial charge >= 0.3 is 0 Å². The van der Waals surface area contributed by atoms with Crippen molar-refractivity contribution in [3.05, 3.63) is 51.7 Å². The second-order valence-electron chi connectivity index (χ2n) is 5.66. The molecule has 1 aromatic carbocycles. The van der Waals surface area contributed by atoms with Crippen LogP contribution in [0.5, 0.6) is 0 Å². The Kier molecular flexibility index (Phi) is 4.97. The fraction of sp³-hybridized carbons (Fsp3) is 0.222. The van der Waals surface area contributed by atoms with Crippen LogP contribution in [-0.4, -0.2) is 10.9 Å². The Balaban J connectivity index is 1.73. The highest BCUT2D eigenvalue weighted by atomic mass is 32.1. The molecule has 0 fully saturated rings. The molecule has 0 spiro atoms. The normalized spacial score (nSPS) is 10.6. The van der Waals surface area contributed by atoms with E-state index < -0.39 is 0 Å². The maximum Gasteiger partial charge on any atom is 0.217 e. The van der Waals surface area contributed by atoms with Gasteiger partial charge in [0.15, 0.2) is 5.13 Å². The molecule has 0 aliphatic carbocycles. The number of aromatic nitrogens is 1. The van der Waals surface area contributed by atoms with Gasteiger partial charge in [0.05, 0.1) is 17.1 Å². The van der Waals surface area contributed by atoms with Crippen molar-refractivity contribution in [2.75, 3.05) is 5.32 Å². The van der Waals surface area contributed by atoms with Crippen LogP contribution in [0.25, 0.3) is 10.6 Å². The smallest absolute Gasteiger partial charge is 0.217 e. The van der Waals surface area contributed by atoms with Crippen molar-refractivity contribution in [3.63, 3.8) is 0 Å². The number of hydrogen-bond acceptors (Lipinski definition) is 5. The summed E-state index contributed by atoms with van der Waals surface area (Å²) in [6.45, 7) is 6.27. The third-order valence-electron chi connectivity index (χ3n) is 3.56. The summed E-state index contributed by atoms with van der Waals surface area (Å²) in [6, 6.07) is 10.4. The number of amides is 1. The quantitative estimate of drug-likeness (QED) is 0.685. The van der Waals surface area contributed by atoms with E-state index in [1.54, 1.807) is 22.7 Å². The van der Waals surface area contributed by atoms with Gasteiger partial charge in [-0.15, -0.1) is 22.7 Å². The molecular formula is C18H19N3OS2. The predicted molar refractivity (Wildman–Crippen MR) is 102 cm³/mol. The molecule has 0 saturated heterocycles. The van der Waals surface area contributed by atoms with Crippen molar-refractivity contribution >= 4 is 39.4 Å². The van der Waals surface area contributed by atoms with Gasteiger partial charge in [0.1, 0.15) is 0 Å². The van der Waals surface area contributed by atoms with E-state index in [-0.39, 0.29) is 5.91 Å². The van der Waals surface area contributed by atoms with Gasteiger partial charge in [0.25, 0.3) is 0 Å². The number of benzene rings is 1. The molecular weight excluding hydrogens is 338 g/mol. The topological polar surface area (TPSA) is 54.0 Å². The van der Waals surface area contributed by atoms with Crippen molar-refractivity contribution in [3.8, 4) is 10.6 Å². The molecule has 3 aromatic rings. The number of nitrogens with one attached hydrogen (secondary N) is 2.